The van der Waals surface area contributed by atoms with Crippen LogP contribution >= 0.6 is 0 Å². The summed E-state index contributed by atoms with van der Waals surface area (Å²) < 4.78 is 11.0. The van der Waals surface area contributed by atoms with Crippen molar-refractivity contribution in [3.05, 3.63) is 17.7 Å². The van der Waals surface area contributed by atoms with Crippen LogP contribution in [0.25, 0.3) is 0 Å². The third-order valence-corrected chi connectivity index (χ3v) is 4.13. The molecule has 1 saturated heterocycles. The fourth-order valence-corrected chi connectivity index (χ4v) is 2.68. The molecule has 1 aromatic carbocycles. The molecule has 6 nitrogen and oxygen atoms in total. The van der Waals surface area contributed by atoms with Gasteiger partial charge in [-0.25, -0.2) is 0 Å². The second-order valence-corrected chi connectivity index (χ2v) is 5.81. The zero-order valence-electron chi connectivity index (χ0n) is 14.2. The highest BCUT2D eigenvalue weighted by Gasteiger charge is 2.19. The highest BCUT2D eigenvalue weighted by molar-refractivity contribution is 5.87. The lowest BCUT2D eigenvalue weighted by atomic mass is 10.1. The minimum absolute atomic E-state index is 0.295. The smallest absolute Gasteiger partial charge is 0.163 e. The number of carbonyl (C=O) groups excluding carboxylic acids is 2. The van der Waals surface area contributed by atoms with E-state index in [2.05, 4.69) is 16.9 Å². The third kappa shape index (κ3) is 4.64. The standard InChI is InChI=1S/C18H24N2O4/c1-20-7-5-6-15(20)12-19-16-11-18(24-9-4-3-8-21)17(23-2)10-14(16)13-22/h8,10-13,15H,3-7,9H2,1-2H3. The first kappa shape index (κ1) is 18.1. The second-order valence-electron chi connectivity index (χ2n) is 5.81. The van der Waals surface area contributed by atoms with Gasteiger partial charge in [0.2, 0.25) is 0 Å². The summed E-state index contributed by atoms with van der Waals surface area (Å²) in [7, 11) is 3.60. The first-order valence-corrected chi connectivity index (χ1v) is 8.17. The molecule has 0 bridgehead atoms. The van der Waals surface area contributed by atoms with Gasteiger partial charge in [0.15, 0.2) is 17.8 Å². The number of likely N-dealkylation sites (tertiary alicyclic amines) is 1. The minimum Gasteiger partial charge on any atom is -0.493 e. The maximum Gasteiger partial charge on any atom is 0.163 e. The molecule has 0 aliphatic carbocycles. The van der Waals surface area contributed by atoms with Gasteiger partial charge >= 0.3 is 0 Å². The molecule has 0 amide bonds. The monoisotopic (exact) mass is 332 g/mol. The van der Waals surface area contributed by atoms with E-state index in [1.807, 2.05) is 6.21 Å². The van der Waals surface area contributed by atoms with Crippen molar-refractivity contribution in [2.45, 2.75) is 31.7 Å². The van der Waals surface area contributed by atoms with E-state index in [1.54, 1.807) is 12.1 Å². The molecule has 0 spiro atoms. The number of benzene rings is 1. The molecule has 2 rings (SSSR count). The van der Waals surface area contributed by atoms with Gasteiger partial charge in [-0.15, -0.1) is 0 Å². The third-order valence-electron chi connectivity index (χ3n) is 4.13. The number of unbranched alkanes of at least 4 members (excludes halogenated alkanes) is 1. The van der Waals surface area contributed by atoms with E-state index >= 15 is 0 Å². The van der Waals surface area contributed by atoms with Gasteiger partial charge in [0.1, 0.15) is 6.29 Å². The maximum atomic E-state index is 11.3. The van der Waals surface area contributed by atoms with Crippen molar-refractivity contribution in [2.24, 2.45) is 4.99 Å². The first-order valence-electron chi connectivity index (χ1n) is 8.17. The minimum atomic E-state index is 0.295. The van der Waals surface area contributed by atoms with Gasteiger partial charge < -0.3 is 14.3 Å². The Hall–Kier alpha value is -2.21. The van der Waals surface area contributed by atoms with Crippen LogP contribution in [0.1, 0.15) is 36.0 Å². The van der Waals surface area contributed by atoms with Crippen LogP contribution in [0.2, 0.25) is 0 Å². The van der Waals surface area contributed by atoms with Gasteiger partial charge in [-0.05, 0) is 38.9 Å². The van der Waals surface area contributed by atoms with Crippen molar-refractivity contribution in [3.8, 4) is 11.5 Å². The van der Waals surface area contributed by atoms with E-state index in [1.165, 1.54) is 7.11 Å². The van der Waals surface area contributed by atoms with Crippen LogP contribution in [-0.4, -0.2) is 57.0 Å². The highest BCUT2D eigenvalue weighted by atomic mass is 16.5. The first-order chi connectivity index (χ1) is 11.7. The van der Waals surface area contributed by atoms with Gasteiger partial charge in [0.25, 0.3) is 0 Å². The Morgan fingerprint density at radius 3 is 2.79 bits per heavy atom. The van der Waals surface area contributed by atoms with Gasteiger partial charge in [-0.2, -0.15) is 0 Å². The summed E-state index contributed by atoms with van der Waals surface area (Å²) in [4.78, 5) is 28.5. The molecular formula is C18H24N2O4. The maximum absolute atomic E-state index is 11.3. The quantitative estimate of drug-likeness (QED) is 0.395. The molecular weight excluding hydrogens is 308 g/mol. The molecule has 1 fully saturated rings. The van der Waals surface area contributed by atoms with Crippen molar-refractivity contribution in [1.29, 1.82) is 0 Å². The molecule has 0 N–H and O–H groups in total. The van der Waals surface area contributed by atoms with Crippen LogP contribution in [0.5, 0.6) is 11.5 Å². The van der Waals surface area contributed by atoms with Crippen molar-refractivity contribution in [1.82, 2.24) is 4.90 Å². The summed E-state index contributed by atoms with van der Waals surface area (Å²) in [5.74, 6) is 1.01. The van der Waals surface area contributed by atoms with Gasteiger partial charge in [-0.3, -0.25) is 14.7 Å². The SMILES string of the molecule is COc1cc(C=O)c(N=CC2CCCN2C)cc1OCCCC=O. The lowest BCUT2D eigenvalue weighted by molar-refractivity contribution is -0.108. The van der Waals surface area contributed by atoms with E-state index in [0.717, 1.165) is 32.0 Å². The average Bonchev–Trinajstić information content (AvgIpc) is 3.01. The summed E-state index contributed by atoms with van der Waals surface area (Å²) >= 11 is 0. The van der Waals surface area contributed by atoms with Gasteiger partial charge in [0.05, 0.1) is 19.4 Å². The molecule has 1 heterocycles. The summed E-state index contributed by atoms with van der Waals surface area (Å²) in [6.07, 6.45) is 6.83. The van der Waals surface area contributed by atoms with Crippen molar-refractivity contribution >= 4 is 24.5 Å². The molecule has 0 aromatic heterocycles. The fourth-order valence-electron chi connectivity index (χ4n) is 2.68. The Kier molecular flexibility index (Phi) is 6.93. The lowest BCUT2D eigenvalue weighted by Gasteiger charge is -2.15. The zero-order chi connectivity index (χ0) is 17.4. The summed E-state index contributed by atoms with van der Waals surface area (Å²) in [5, 5.41) is 0. The molecule has 1 aliphatic heterocycles. The fraction of sp³-hybridized carbons (Fsp3) is 0.500. The van der Waals surface area contributed by atoms with Crippen molar-refractivity contribution in [2.75, 3.05) is 27.3 Å². The van der Waals surface area contributed by atoms with Crippen LogP contribution in [-0.2, 0) is 4.79 Å². The Balaban J connectivity index is 2.19. The Labute approximate surface area is 142 Å². The molecule has 1 unspecified atom stereocenters. The predicted molar refractivity (Wildman–Crippen MR) is 93.0 cm³/mol. The van der Waals surface area contributed by atoms with Gasteiger partial charge in [0, 0.05) is 30.3 Å². The number of hydrogen-bond donors (Lipinski definition) is 0. The van der Waals surface area contributed by atoms with Crippen molar-refractivity contribution < 1.29 is 19.1 Å². The number of aliphatic imine (C=N–C) groups is 1. The predicted octanol–water partition coefficient (Wildman–Crippen LogP) is 2.66. The largest absolute Gasteiger partial charge is 0.493 e. The molecule has 130 valence electrons. The van der Waals surface area contributed by atoms with E-state index < -0.39 is 0 Å². The van der Waals surface area contributed by atoms with Gasteiger partial charge in [-0.1, -0.05) is 0 Å². The molecule has 1 aromatic rings. The van der Waals surface area contributed by atoms with E-state index in [9.17, 15) is 9.59 Å². The number of carbonyl (C=O) groups is 2. The van der Waals surface area contributed by atoms with Crippen LogP contribution in [0.4, 0.5) is 5.69 Å². The normalized spacial score (nSPS) is 18.0. The number of nitrogens with zero attached hydrogens (tertiary/aromatic N) is 2. The average molecular weight is 332 g/mol. The molecule has 0 saturated carbocycles. The second kappa shape index (κ2) is 9.17. The Bertz CT molecular complexity index is 601. The molecule has 0 radical (unpaired) electrons. The number of rotatable bonds is 9. The van der Waals surface area contributed by atoms with E-state index in [-0.39, 0.29) is 0 Å². The van der Waals surface area contributed by atoms with Crippen molar-refractivity contribution in [3.63, 3.8) is 0 Å². The lowest BCUT2D eigenvalue weighted by Crippen LogP contribution is -2.25. The molecule has 24 heavy (non-hydrogen) atoms. The zero-order valence-corrected chi connectivity index (χ0v) is 14.2. The van der Waals surface area contributed by atoms with Crippen LogP contribution in [0.3, 0.4) is 0 Å². The molecule has 1 atom stereocenters. The number of aldehydes is 2. The Morgan fingerprint density at radius 2 is 2.17 bits per heavy atom. The number of methoxy groups -OCH3 is 1. The van der Waals surface area contributed by atoms with Crippen LogP contribution in [0, 0.1) is 0 Å². The topological polar surface area (TPSA) is 68.2 Å². The summed E-state index contributed by atoms with van der Waals surface area (Å²) in [5.41, 5.74) is 1.03. The number of hydrogen-bond acceptors (Lipinski definition) is 6. The van der Waals surface area contributed by atoms with E-state index in [0.29, 0.717) is 48.2 Å². The summed E-state index contributed by atoms with van der Waals surface area (Å²) in [6, 6.07) is 3.64. The highest BCUT2D eigenvalue weighted by Crippen LogP contribution is 2.34. The van der Waals surface area contributed by atoms with Crippen LogP contribution in [0.15, 0.2) is 17.1 Å². The Morgan fingerprint density at radius 1 is 1.33 bits per heavy atom. The van der Waals surface area contributed by atoms with E-state index in [4.69, 9.17) is 9.47 Å². The number of ether oxygens (including phenoxy) is 2. The van der Waals surface area contributed by atoms with Crippen LogP contribution < -0.4 is 9.47 Å². The molecule has 1 aliphatic rings. The molecule has 6 heteroatoms. The summed E-state index contributed by atoms with van der Waals surface area (Å²) in [6.45, 7) is 1.47.